The van der Waals surface area contributed by atoms with Gasteiger partial charge in [0.05, 0.1) is 10.0 Å². The predicted molar refractivity (Wildman–Crippen MR) is 122 cm³/mol. The molecule has 34 heavy (non-hydrogen) atoms. The molecular formula is C24H25BrF3N3O3. The van der Waals surface area contributed by atoms with E-state index in [9.17, 15) is 18.0 Å². The summed E-state index contributed by atoms with van der Waals surface area (Å²) in [5.74, 6) is 0.584. The Balaban J connectivity index is 1.40. The first kappa shape index (κ1) is 23.4. The molecule has 1 aromatic carbocycles. The number of halogens is 4. The molecule has 6 nitrogen and oxygen atoms in total. The van der Waals surface area contributed by atoms with Gasteiger partial charge in [-0.2, -0.15) is 13.2 Å². The van der Waals surface area contributed by atoms with Crippen molar-refractivity contribution in [2.75, 3.05) is 0 Å². The van der Waals surface area contributed by atoms with E-state index in [0.717, 1.165) is 51.0 Å². The number of carbonyl (C=O) groups is 1. The molecular weight excluding hydrogens is 515 g/mol. The summed E-state index contributed by atoms with van der Waals surface area (Å²) in [6.45, 7) is 1.73. The van der Waals surface area contributed by atoms with E-state index in [1.807, 2.05) is 0 Å². The van der Waals surface area contributed by atoms with Crippen molar-refractivity contribution in [1.82, 2.24) is 15.5 Å². The van der Waals surface area contributed by atoms with E-state index >= 15 is 0 Å². The van der Waals surface area contributed by atoms with E-state index in [1.54, 1.807) is 13.0 Å². The number of aromatic nitrogens is 2. The first-order valence-corrected chi connectivity index (χ1v) is 12.4. The topological polar surface area (TPSA) is 81.2 Å². The number of carbonyl (C=O) groups excluding carboxylic acids is 1. The second-order valence-electron chi connectivity index (χ2n) is 9.47. The molecule has 0 radical (unpaired) electrons. The van der Waals surface area contributed by atoms with Gasteiger partial charge in [-0.3, -0.25) is 4.79 Å². The van der Waals surface area contributed by atoms with Crippen molar-refractivity contribution in [3.05, 3.63) is 45.3 Å². The van der Waals surface area contributed by atoms with Crippen LogP contribution in [0.3, 0.4) is 0 Å². The summed E-state index contributed by atoms with van der Waals surface area (Å²) in [4.78, 5) is 13.3. The molecule has 5 rings (SSSR count). The molecule has 0 saturated heterocycles. The van der Waals surface area contributed by atoms with Crippen molar-refractivity contribution < 1.29 is 26.8 Å². The fraction of sp³-hybridized carbons (Fsp3) is 0.542. The van der Waals surface area contributed by atoms with Crippen molar-refractivity contribution in [3.8, 4) is 0 Å². The third-order valence-corrected chi connectivity index (χ3v) is 7.65. The van der Waals surface area contributed by atoms with E-state index in [4.69, 9.17) is 8.83 Å². The van der Waals surface area contributed by atoms with Crippen LogP contribution in [0, 0.1) is 6.92 Å². The summed E-state index contributed by atoms with van der Waals surface area (Å²) in [6.07, 6.45) is 2.78. The van der Waals surface area contributed by atoms with Gasteiger partial charge in [0.1, 0.15) is 5.58 Å². The minimum Gasteiger partial charge on any atom is -0.449 e. The van der Waals surface area contributed by atoms with Crippen LogP contribution in [-0.4, -0.2) is 21.6 Å². The van der Waals surface area contributed by atoms with Gasteiger partial charge in [-0.05, 0) is 78.1 Å². The van der Waals surface area contributed by atoms with Crippen LogP contribution in [0.4, 0.5) is 13.2 Å². The average Bonchev–Trinajstić information content (AvgIpc) is 3.25. The number of aryl methyl sites for hydroxylation is 2. The molecule has 0 unspecified atom stereocenters. The molecule has 3 aromatic rings. The van der Waals surface area contributed by atoms with Crippen LogP contribution in [0.2, 0.25) is 0 Å². The quantitative estimate of drug-likeness (QED) is 0.355. The normalized spacial score (nSPS) is 18.0. The van der Waals surface area contributed by atoms with Gasteiger partial charge in [-0.1, -0.05) is 12.8 Å². The second kappa shape index (κ2) is 8.70. The highest BCUT2D eigenvalue weighted by Gasteiger charge is 2.40. The molecule has 0 bridgehead atoms. The molecule has 2 aliphatic carbocycles. The summed E-state index contributed by atoms with van der Waals surface area (Å²) < 4.78 is 52.7. The van der Waals surface area contributed by atoms with Crippen molar-refractivity contribution in [1.29, 1.82) is 0 Å². The number of hydrogen-bond donors (Lipinski definition) is 1. The summed E-state index contributed by atoms with van der Waals surface area (Å²) in [5, 5.41) is 11.2. The summed E-state index contributed by atoms with van der Waals surface area (Å²) >= 11 is 3.36. The third-order valence-electron chi connectivity index (χ3n) is 6.86. The maximum atomic E-state index is 13.8. The first-order valence-electron chi connectivity index (χ1n) is 11.6. The maximum Gasteiger partial charge on any atom is 0.420 e. The highest BCUT2D eigenvalue weighted by atomic mass is 79.9. The average molecular weight is 540 g/mol. The molecule has 2 heterocycles. The number of fused-ring (bicyclic) bond motifs is 1. The van der Waals surface area contributed by atoms with Crippen LogP contribution >= 0.6 is 15.9 Å². The number of nitrogens with one attached hydrogen (secondary N) is 1. The number of furan rings is 1. The van der Waals surface area contributed by atoms with Crippen LogP contribution in [0.25, 0.3) is 11.0 Å². The molecule has 1 amide bonds. The van der Waals surface area contributed by atoms with E-state index in [-0.39, 0.29) is 27.1 Å². The minimum atomic E-state index is -4.58. The zero-order chi connectivity index (χ0) is 24.1. The van der Waals surface area contributed by atoms with Crippen molar-refractivity contribution in [3.63, 3.8) is 0 Å². The molecule has 2 aromatic heterocycles. The maximum absolute atomic E-state index is 13.8. The Labute approximate surface area is 202 Å². The summed E-state index contributed by atoms with van der Waals surface area (Å²) in [5.41, 5.74) is -0.939. The predicted octanol–water partition coefficient (Wildman–Crippen LogP) is 6.85. The highest BCUT2D eigenvalue weighted by Crippen LogP contribution is 2.47. The molecule has 2 aliphatic rings. The van der Waals surface area contributed by atoms with Crippen molar-refractivity contribution >= 4 is 32.8 Å². The van der Waals surface area contributed by atoms with E-state index in [2.05, 4.69) is 31.4 Å². The standard InChI is InChI=1S/C24H25BrF3N3O3/c1-13-30-31-18(33-13)5-4-10-23(8-2-3-9-23)29-22(32)21-19(25)16-11-15(14-6-7-14)12-17(20(16)34-21)24(26,27)28/h11-12,14H,2-10H2,1H3,(H,29,32). The lowest BCUT2D eigenvalue weighted by Crippen LogP contribution is -2.46. The monoisotopic (exact) mass is 539 g/mol. The van der Waals surface area contributed by atoms with Gasteiger partial charge < -0.3 is 14.2 Å². The van der Waals surface area contributed by atoms with Crippen molar-refractivity contribution in [2.24, 2.45) is 0 Å². The van der Waals surface area contributed by atoms with Crippen LogP contribution in [-0.2, 0) is 12.6 Å². The Morgan fingerprint density at radius 2 is 1.94 bits per heavy atom. The van der Waals surface area contributed by atoms with E-state index in [0.29, 0.717) is 30.2 Å². The Hall–Kier alpha value is -2.36. The zero-order valence-electron chi connectivity index (χ0n) is 18.7. The lowest BCUT2D eigenvalue weighted by atomic mass is 9.90. The fourth-order valence-electron chi connectivity index (χ4n) is 5.01. The summed E-state index contributed by atoms with van der Waals surface area (Å²) in [6, 6.07) is 2.87. The molecule has 0 spiro atoms. The van der Waals surface area contributed by atoms with Crippen LogP contribution < -0.4 is 5.32 Å². The first-order chi connectivity index (χ1) is 16.2. The lowest BCUT2D eigenvalue weighted by Gasteiger charge is -2.30. The zero-order valence-corrected chi connectivity index (χ0v) is 20.3. The molecule has 2 saturated carbocycles. The second-order valence-corrected chi connectivity index (χ2v) is 10.3. The fourth-order valence-corrected chi connectivity index (χ4v) is 5.56. The van der Waals surface area contributed by atoms with E-state index < -0.39 is 23.2 Å². The van der Waals surface area contributed by atoms with Gasteiger partial charge in [0.2, 0.25) is 17.5 Å². The SMILES string of the molecule is Cc1nnc(CCCC2(NC(=O)c3oc4c(C(F)(F)F)cc(C5CC5)cc4c3Br)CCCC2)o1. The van der Waals surface area contributed by atoms with Gasteiger partial charge in [-0.25, -0.2) is 0 Å². The largest absolute Gasteiger partial charge is 0.449 e. The smallest absolute Gasteiger partial charge is 0.420 e. The molecule has 10 heteroatoms. The molecule has 1 N–H and O–H groups in total. The van der Waals surface area contributed by atoms with Crippen LogP contribution in [0.15, 0.2) is 25.4 Å². The van der Waals surface area contributed by atoms with Gasteiger partial charge >= 0.3 is 6.18 Å². The van der Waals surface area contributed by atoms with Crippen LogP contribution in [0.1, 0.15) is 90.7 Å². The molecule has 0 aliphatic heterocycles. The van der Waals surface area contributed by atoms with E-state index in [1.165, 1.54) is 0 Å². The van der Waals surface area contributed by atoms with Gasteiger partial charge in [-0.15, -0.1) is 10.2 Å². The number of rotatable bonds is 7. The number of alkyl halides is 3. The molecule has 182 valence electrons. The van der Waals surface area contributed by atoms with Gasteiger partial charge in [0.15, 0.2) is 0 Å². The Bertz CT molecular complexity index is 1220. The highest BCUT2D eigenvalue weighted by molar-refractivity contribution is 9.10. The summed E-state index contributed by atoms with van der Waals surface area (Å²) in [7, 11) is 0. The van der Waals surface area contributed by atoms with Crippen LogP contribution in [0.5, 0.6) is 0 Å². The third kappa shape index (κ3) is 4.61. The number of hydrogen-bond acceptors (Lipinski definition) is 5. The number of nitrogens with zero attached hydrogens (tertiary/aromatic N) is 2. The molecule has 0 atom stereocenters. The minimum absolute atomic E-state index is 0.118. The Kier molecular flexibility index (Phi) is 5.98. The lowest BCUT2D eigenvalue weighted by molar-refractivity contribution is -0.136. The molecule has 2 fully saturated rings. The Morgan fingerprint density at radius 3 is 2.56 bits per heavy atom. The van der Waals surface area contributed by atoms with Gasteiger partial charge in [0.25, 0.3) is 5.91 Å². The van der Waals surface area contributed by atoms with Gasteiger partial charge in [0, 0.05) is 24.3 Å². The number of benzene rings is 1. The Morgan fingerprint density at radius 1 is 1.21 bits per heavy atom. The van der Waals surface area contributed by atoms with Crippen molar-refractivity contribution in [2.45, 2.75) is 82.3 Å². The number of amides is 1.